The molecule has 1 unspecified atom stereocenters. The molecular formula is C13H20N4O4. The lowest BCUT2D eigenvalue weighted by Gasteiger charge is -2.22. The van der Waals surface area contributed by atoms with Gasteiger partial charge in [-0.15, -0.1) is 0 Å². The molecule has 0 radical (unpaired) electrons. The summed E-state index contributed by atoms with van der Waals surface area (Å²) in [5.74, 6) is -0.985. The minimum Gasteiger partial charge on any atom is -0.480 e. The highest BCUT2D eigenvalue weighted by Crippen LogP contribution is 2.14. The maximum Gasteiger partial charge on any atom is 0.325 e. The van der Waals surface area contributed by atoms with Crippen LogP contribution in [0, 0.1) is 0 Å². The lowest BCUT2D eigenvalue weighted by Crippen LogP contribution is -2.32. The third kappa shape index (κ3) is 5.42. The molecule has 1 atom stereocenters. The van der Waals surface area contributed by atoms with Crippen molar-refractivity contribution in [3.63, 3.8) is 0 Å². The normalized spacial score (nSPS) is 18.2. The molecule has 1 aromatic rings. The zero-order valence-electron chi connectivity index (χ0n) is 11.7. The molecule has 1 fully saturated rings. The van der Waals surface area contributed by atoms with Crippen molar-refractivity contribution in [3.8, 4) is 0 Å². The molecule has 1 aromatic heterocycles. The molecule has 0 bridgehead atoms. The lowest BCUT2D eigenvalue weighted by molar-refractivity contribution is -0.137. The Labute approximate surface area is 122 Å². The number of carboxylic acids is 1. The Hall–Kier alpha value is -2.09. The Morgan fingerprint density at radius 1 is 1.48 bits per heavy atom. The van der Waals surface area contributed by atoms with Crippen LogP contribution in [-0.4, -0.2) is 46.1 Å². The summed E-state index contributed by atoms with van der Waals surface area (Å²) < 4.78 is 6.82. The van der Waals surface area contributed by atoms with Crippen molar-refractivity contribution in [3.05, 3.63) is 12.4 Å². The van der Waals surface area contributed by atoms with Crippen LogP contribution >= 0.6 is 0 Å². The van der Waals surface area contributed by atoms with Gasteiger partial charge in [-0.3, -0.25) is 9.48 Å². The van der Waals surface area contributed by atoms with Crippen molar-refractivity contribution < 1.29 is 19.4 Å². The third-order valence-corrected chi connectivity index (χ3v) is 3.21. The van der Waals surface area contributed by atoms with Gasteiger partial charge in [0.05, 0.1) is 18.0 Å². The number of nitrogens with zero attached hydrogens (tertiary/aromatic N) is 2. The number of hydrogen-bond donors (Lipinski definition) is 3. The third-order valence-electron chi connectivity index (χ3n) is 3.21. The summed E-state index contributed by atoms with van der Waals surface area (Å²) in [4.78, 5) is 22.2. The first kappa shape index (κ1) is 15.3. The summed E-state index contributed by atoms with van der Waals surface area (Å²) in [5.41, 5.74) is 0.461. The molecule has 0 aromatic carbocycles. The second kappa shape index (κ2) is 7.63. The van der Waals surface area contributed by atoms with Crippen LogP contribution in [0.3, 0.4) is 0 Å². The van der Waals surface area contributed by atoms with E-state index in [2.05, 4.69) is 15.7 Å². The van der Waals surface area contributed by atoms with Crippen molar-refractivity contribution >= 4 is 17.7 Å². The van der Waals surface area contributed by atoms with Crippen LogP contribution in [0.4, 0.5) is 10.5 Å². The van der Waals surface area contributed by atoms with E-state index >= 15 is 0 Å². The molecule has 1 saturated heterocycles. The monoisotopic (exact) mass is 296 g/mol. The highest BCUT2D eigenvalue weighted by Gasteiger charge is 2.13. The predicted octanol–water partition coefficient (Wildman–Crippen LogP) is 1.05. The number of carbonyl (C=O) groups is 2. The summed E-state index contributed by atoms with van der Waals surface area (Å²) in [7, 11) is 0. The largest absolute Gasteiger partial charge is 0.480 e. The summed E-state index contributed by atoms with van der Waals surface area (Å²) in [5, 5.41) is 17.8. The number of rotatable bonds is 6. The van der Waals surface area contributed by atoms with E-state index in [-0.39, 0.29) is 18.7 Å². The number of nitrogens with one attached hydrogen (secondary N) is 2. The minimum absolute atomic E-state index is 0.234. The van der Waals surface area contributed by atoms with Gasteiger partial charge in [-0.05, 0) is 25.7 Å². The van der Waals surface area contributed by atoms with Gasteiger partial charge in [0.1, 0.15) is 6.54 Å². The Balaban J connectivity index is 1.66. The molecule has 116 valence electrons. The fourth-order valence-electron chi connectivity index (χ4n) is 2.21. The Kier molecular flexibility index (Phi) is 5.56. The standard InChI is InChI=1S/C13H20N4O4/c18-12(19)9-17-8-10(7-15-17)16-13(20)14-5-4-11-3-1-2-6-21-11/h7-8,11H,1-6,9H2,(H,18,19)(H2,14,16,20). The van der Waals surface area contributed by atoms with Crippen molar-refractivity contribution in [1.29, 1.82) is 0 Å². The average Bonchev–Trinajstić information content (AvgIpc) is 2.86. The molecule has 0 spiro atoms. The quantitative estimate of drug-likeness (QED) is 0.727. The highest BCUT2D eigenvalue weighted by atomic mass is 16.5. The smallest absolute Gasteiger partial charge is 0.325 e. The van der Waals surface area contributed by atoms with Crippen molar-refractivity contribution in [2.75, 3.05) is 18.5 Å². The molecule has 3 N–H and O–H groups in total. The average molecular weight is 296 g/mol. The van der Waals surface area contributed by atoms with E-state index < -0.39 is 5.97 Å². The molecule has 1 aliphatic rings. The van der Waals surface area contributed by atoms with Gasteiger partial charge in [0.2, 0.25) is 0 Å². The van der Waals surface area contributed by atoms with Gasteiger partial charge in [-0.25, -0.2) is 4.79 Å². The number of hydrogen-bond acceptors (Lipinski definition) is 4. The van der Waals surface area contributed by atoms with E-state index in [1.807, 2.05) is 0 Å². The fourth-order valence-corrected chi connectivity index (χ4v) is 2.21. The zero-order valence-corrected chi connectivity index (χ0v) is 11.7. The van der Waals surface area contributed by atoms with Crippen LogP contribution in [0.2, 0.25) is 0 Å². The first-order valence-corrected chi connectivity index (χ1v) is 7.04. The van der Waals surface area contributed by atoms with Gasteiger partial charge in [-0.1, -0.05) is 0 Å². The van der Waals surface area contributed by atoms with Crippen LogP contribution in [0.5, 0.6) is 0 Å². The number of carbonyl (C=O) groups excluding carboxylic acids is 1. The summed E-state index contributed by atoms with van der Waals surface area (Å²) >= 11 is 0. The lowest BCUT2D eigenvalue weighted by atomic mass is 10.1. The number of urea groups is 1. The van der Waals surface area contributed by atoms with Crippen LogP contribution in [0.25, 0.3) is 0 Å². The molecule has 2 heterocycles. The van der Waals surface area contributed by atoms with Gasteiger partial charge in [-0.2, -0.15) is 5.10 Å². The minimum atomic E-state index is -0.985. The first-order valence-electron chi connectivity index (χ1n) is 7.04. The summed E-state index contributed by atoms with van der Waals surface area (Å²) in [6.45, 7) is 1.11. The van der Waals surface area contributed by atoms with Crippen LogP contribution in [0.15, 0.2) is 12.4 Å². The van der Waals surface area contributed by atoms with Crippen molar-refractivity contribution in [2.45, 2.75) is 38.3 Å². The number of amides is 2. The van der Waals surface area contributed by atoms with Gasteiger partial charge in [0.15, 0.2) is 0 Å². The molecule has 1 aliphatic heterocycles. The molecular weight excluding hydrogens is 276 g/mol. The SMILES string of the molecule is O=C(O)Cn1cc(NC(=O)NCCC2CCCCO2)cn1. The topological polar surface area (TPSA) is 105 Å². The summed E-state index contributed by atoms with van der Waals surface area (Å²) in [6.07, 6.45) is 7.25. The summed E-state index contributed by atoms with van der Waals surface area (Å²) in [6, 6.07) is -0.333. The number of carboxylic acid groups (broad SMARTS) is 1. The van der Waals surface area contributed by atoms with E-state index in [0.29, 0.717) is 12.2 Å². The Bertz CT molecular complexity index is 482. The number of aliphatic carboxylic acids is 1. The Morgan fingerprint density at radius 2 is 2.33 bits per heavy atom. The zero-order chi connectivity index (χ0) is 15.1. The molecule has 8 heteroatoms. The van der Waals surface area contributed by atoms with E-state index in [1.165, 1.54) is 23.5 Å². The van der Waals surface area contributed by atoms with Crippen LogP contribution < -0.4 is 10.6 Å². The molecule has 0 saturated carbocycles. The van der Waals surface area contributed by atoms with E-state index in [1.54, 1.807) is 0 Å². The van der Waals surface area contributed by atoms with E-state index in [9.17, 15) is 9.59 Å². The highest BCUT2D eigenvalue weighted by molar-refractivity contribution is 5.88. The maximum absolute atomic E-state index is 11.7. The number of anilines is 1. The molecule has 2 rings (SSSR count). The molecule has 8 nitrogen and oxygen atoms in total. The molecule has 21 heavy (non-hydrogen) atoms. The van der Waals surface area contributed by atoms with Crippen LogP contribution in [0.1, 0.15) is 25.7 Å². The second-order valence-corrected chi connectivity index (χ2v) is 4.98. The Morgan fingerprint density at radius 3 is 3.05 bits per heavy atom. The maximum atomic E-state index is 11.7. The van der Waals surface area contributed by atoms with E-state index in [0.717, 1.165) is 25.9 Å². The van der Waals surface area contributed by atoms with Gasteiger partial charge < -0.3 is 20.5 Å². The number of ether oxygens (including phenoxy) is 1. The van der Waals surface area contributed by atoms with E-state index in [4.69, 9.17) is 9.84 Å². The second-order valence-electron chi connectivity index (χ2n) is 4.98. The fraction of sp³-hybridized carbons (Fsp3) is 0.615. The number of aromatic nitrogens is 2. The van der Waals surface area contributed by atoms with Crippen molar-refractivity contribution in [1.82, 2.24) is 15.1 Å². The first-order chi connectivity index (χ1) is 10.1. The van der Waals surface area contributed by atoms with Gasteiger partial charge in [0.25, 0.3) is 0 Å². The van der Waals surface area contributed by atoms with Crippen LogP contribution in [-0.2, 0) is 16.1 Å². The molecule has 2 amide bonds. The molecule has 0 aliphatic carbocycles. The van der Waals surface area contributed by atoms with Gasteiger partial charge in [0, 0.05) is 19.3 Å². The van der Waals surface area contributed by atoms with Crippen molar-refractivity contribution in [2.24, 2.45) is 0 Å². The van der Waals surface area contributed by atoms with Gasteiger partial charge >= 0.3 is 12.0 Å². The predicted molar refractivity (Wildman–Crippen MR) is 75.1 cm³/mol.